The van der Waals surface area contributed by atoms with E-state index in [2.05, 4.69) is 15.4 Å². The largest absolute Gasteiger partial charge is 0.481 e. The van der Waals surface area contributed by atoms with Gasteiger partial charge in [0.2, 0.25) is 0 Å². The van der Waals surface area contributed by atoms with Gasteiger partial charge in [-0.05, 0) is 31.2 Å². The third-order valence-electron chi connectivity index (χ3n) is 2.42. The minimum Gasteiger partial charge on any atom is -0.481 e. The number of rotatable bonds is 4. The van der Waals surface area contributed by atoms with Crippen molar-refractivity contribution in [3.63, 3.8) is 0 Å². The molecule has 20 heavy (non-hydrogen) atoms. The van der Waals surface area contributed by atoms with Crippen LogP contribution in [0, 0.1) is 0 Å². The minimum absolute atomic E-state index is 0.377. The molecule has 1 rings (SSSR count). The highest BCUT2D eigenvalue weighted by molar-refractivity contribution is 5.96. The first-order valence-electron chi connectivity index (χ1n) is 5.85. The number of nitrogens with one attached hydrogen (secondary N) is 2. The highest BCUT2D eigenvalue weighted by atomic mass is 16.5. The number of hydrogen-bond donors (Lipinski definition) is 2. The summed E-state index contributed by atoms with van der Waals surface area (Å²) in [5.41, 5.74) is 0.377. The molecular formula is C13H16N2O5. The Morgan fingerprint density at radius 1 is 1.15 bits per heavy atom. The van der Waals surface area contributed by atoms with Gasteiger partial charge in [0.05, 0.1) is 12.7 Å². The van der Waals surface area contributed by atoms with Crippen molar-refractivity contribution in [1.82, 2.24) is 10.6 Å². The zero-order chi connectivity index (χ0) is 15.1. The summed E-state index contributed by atoms with van der Waals surface area (Å²) in [4.78, 5) is 33.8. The molecule has 1 aromatic rings. The van der Waals surface area contributed by atoms with E-state index in [9.17, 15) is 14.4 Å². The Balaban J connectivity index is 2.62. The monoisotopic (exact) mass is 280 g/mol. The molecule has 0 aliphatic carbocycles. The maximum atomic E-state index is 11.6. The number of carbonyl (C=O) groups excluding carboxylic acids is 3. The fraction of sp³-hybridized carbons (Fsp3) is 0.308. The van der Waals surface area contributed by atoms with Crippen LogP contribution >= 0.6 is 0 Å². The summed E-state index contributed by atoms with van der Waals surface area (Å²) in [5.74, 6) is -0.624. The number of esters is 1. The van der Waals surface area contributed by atoms with E-state index in [1.54, 1.807) is 0 Å². The lowest BCUT2D eigenvalue weighted by molar-refractivity contribution is -0.126. The molecule has 0 aliphatic heterocycles. The Hall–Kier alpha value is -2.57. The third-order valence-corrected chi connectivity index (χ3v) is 2.42. The summed E-state index contributed by atoms with van der Waals surface area (Å²) in [6.45, 7) is 1.51. The van der Waals surface area contributed by atoms with Crippen molar-refractivity contribution in [3.8, 4) is 5.75 Å². The number of carbonyl (C=O) groups is 3. The van der Waals surface area contributed by atoms with Gasteiger partial charge in [0.1, 0.15) is 5.75 Å². The molecule has 0 saturated carbocycles. The molecule has 1 atom stereocenters. The van der Waals surface area contributed by atoms with E-state index >= 15 is 0 Å². The van der Waals surface area contributed by atoms with E-state index in [0.717, 1.165) is 0 Å². The van der Waals surface area contributed by atoms with Crippen molar-refractivity contribution in [1.29, 1.82) is 0 Å². The zero-order valence-corrected chi connectivity index (χ0v) is 11.4. The van der Waals surface area contributed by atoms with Crippen LogP contribution in [-0.4, -0.2) is 38.2 Å². The molecule has 0 saturated heterocycles. The van der Waals surface area contributed by atoms with Crippen LogP contribution < -0.4 is 15.4 Å². The quantitative estimate of drug-likeness (QED) is 0.792. The van der Waals surface area contributed by atoms with E-state index in [1.807, 2.05) is 0 Å². The highest BCUT2D eigenvalue weighted by Gasteiger charge is 2.17. The van der Waals surface area contributed by atoms with Crippen LogP contribution in [0.1, 0.15) is 17.3 Å². The molecule has 0 aromatic heterocycles. The number of imide groups is 1. The fourth-order valence-electron chi connectivity index (χ4n) is 1.32. The fourth-order valence-corrected chi connectivity index (χ4v) is 1.32. The van der Waals surface area contributed by atoms with E-state index in [0.29, 0.717) is 11.3 Å². The number of ether oxygens (including phenoxy) is 2. The normalized spacial score (nSPS) is 11.2. The van der Waals surface area contributed by atoms with Gasteiger partial charge in [-0.15, -0.1) is 0 Å². The Morgan fingerprint density at radius 3 is 2.25 bits per heavy atom. The van der Waals surface area contributed by atoms with Gasteiger partial charge >= 0.3 is 12.0 Å². The summed E-state index contributed by atoms with van der Waals surface area (Å²) in [5, 5.41) is 4.36. The smallest absolute Gasteiger partial charge is 0.337 e. The number of hydrogen-bond acceptors (Lipinski definition) is 5. The first-order valence-corrected chi connectivity index (χ1v) is 5.85. The van der Waals surface area contributed by atoms with E-state index in [-0.39, 0.29) is 0 Å². The second-order valence-corrected chi connectivity index (χ2v) is 3.84. The summed E-state index contributed by atoms with van der Waals surface area (Å²) in [6.07, 6.45) is -0.851. The van der Waals surface area contributed by atoms with Crippen LogP contribution in [0.4, 0.5) is 4.79 Å². The molecule has 0 bridgehead atoms. The van der Waals surface area contributed by atoms with Crippen LogP contribution in [0.5, 0.6) is 5.75 Å². The molecule has 2 N–H and O–H groups in total. The molecule has 7 nitrogen and oxygen atoms in total. The van der Waals surface area contributed by atoms with E-state index < -0.39 is 24.0 Å². The number of urea groups is 1. The van der Waals surface area contributed by atoms with Crippen molar-refractivity contribution in [2.45, 2.75) is 13.0 Å². The molecule has 108 valence electrons. The lowest BCUT2D eigenvalue weighted by Crippen LogP contribution is -2.43. The van der Waals surface area contributed by atoms with Gasteiger partial charge in [0, 0.05) is 7.05 Å². The average molecular weight is 280 g/mol. The summed E-state index contributed by atoms with van der Waals surface area (Å²) < 4.78 is 9.91. The first kappa shape index (κ1) is 15.5. The van der Waals surface area contributed by atoms with Gasteiger partial charge in [-0.3, -0.25) is 10.1 Å². The molecule has 0 aliphatic rings. The molecular weight excluding hydrogens is 264 g/mol. The molecule has 0 fully saturated rings. The molecule has 0 radical (unpaired) electrons. The SMILES string of the molecule is CNC(=O)NC(=O)C(C)Oc1ccc(C(=O)OC)cc1. The molecule has 1 aromatic carbocycles. The number of benzene rings is 1. The van der Waals surface area contributed by atoms with E-state index in [4.69, 9.17) is 4.74 Å². The number of amides is 3. The first-order chi connectivity index (χ1) is 9.47. The third kappa shape index (κ3) is 4.27. The molecule has 1 unspecified atom stereocenters. The van der Waals surface area contributed by atoms with E-state index in [1.165, 1.54) is 45.3 Å². The van der Waals surface area contributed by atoms with Gasteiger partial charge in [-0.1, -0.05) is 0 Å². The van der Waals surface area contributed by atoms with Gasteiger partial charge in [-0.2, -0.15) is 0 Å². The van der Waals surface area contributed by atoms with Crippen molar-refractivity contribution in [3.05, 3.63) is 29.8 Å². The molecule has 0 spiro atoms. The molecule has 7 heteroatoms. The lowest BCUT2D eigenvalue weighted by Gasteiger charge is -2.14. The standard InChI is InChI=1S/C13H16N2O5/c1-8(11(16)15-13(18)14-2)20-10-6-4-9(5-7-10)12(17)19-3/h4-8H,1-3H3,(H2,14,15,16,18). The number of methoxy groups -OCH3 is 1. The van der Waals surface area contributed by atoms with Crippen LogP contribution in [-0.2, 0) is 9.53 Å². The van der Waals surface area contributed by atoms with Gasteiger partial charge in [0.15, 0.2) is 6.10 Å². The Morgan fingerprint density at radius 2 is 1.75 bits per heavy atom. The van der Waals surface area contributed by atoms with Gasteiger partial charge in [-0.25, -0.2) is 9.59 Å². The van der Waals surface area contributed by atoms with Crippen molar-refractivity contribution < 1.29 is 23.9 Å². The maximum Gasteiger partial charge on any atom is 0.337 e. The second-order valence-electron chi connectivity index (χ2n) is 3.84. The topological polar surface area (TPSA) is 93.7 Å². The van der Waals surface area contributed by atoms with Crippen LogP contribution in [0.3, 0.4) is 0 Å². The van der Waals surface area contributed by atoms with Crippen LogP contribution in [0.25, 0.3) is 0 Å². The predicted octanol–water partition coefficient (Wildman–Crippen LogP) is 0.696. The molecule has 0 heterocycles. The average Bonchev–Trinajstić information content (AvgIpc) is 2.46. The zero-order valence-electron chi connectivity index (χ0n) is 11.4. The Bertz CT molecular complexity index is 498. The van der Waals surface area contributed by atoms with Crippen molar-refractivity contribution in [2.75, 3.05) is 14.2 Å². The van der Waals surface area contributed by atoms with Crippen LogP contribution in [0.2, 0.25) is 0 Å². The van der Waals surface area contributed by atoms with Gasteiger partial charge < -0.3 is 14.8 Å². The predicted molar refractivity (Wildman–Crippen MR) is 70.5 cm³/mol. The van der Waals surface area contributed by atoms with Gasteiger partial charge in [0.25, 0.3) is 5.91 Å². The summed E-state index contributed by atoms with van der Waals surface area (Å²) in [7, 11) is 2.69. The van der Waals surface area contributed by atoms with Crippen molar-refractivity contribution >= 4 is 17.9 Å². The molecule has 3 amide bonds. The summed E-state index contributed by atoms with van der Waals surface area (Å²) in [6, 6.07) is 5.51. The van der Waals surface area contributed by atoms with Crippen LogP contribution in [0.15, 0.2) is 24.3 Å². The second kappa shape index (κ2) is 7.13. The minimum atomic E-state index is -0.851. The lowest BCUT2D eigenvalue weighted by atomic mass is 10.2. The Labute approximate surface area is 116 Å². The maximum absolute atomic E-state index is 11.6. The summed E-state index contributed by atoms with van der Waals surface area (Å²) >= 11 is 0. The Kier molecular flexibility index (Phi) is 5.52. The van der Waals surface area contributed by atoms with Crippen molar-refractivity contribution in [2.24, 2.45) is 0 Å². The highest BCUT2D eigenvalue weighted by Crippen LogP contribution is 2.14.